The van der Waals surface area contributed by atoms with E-state index in [9.17, 15) is 4.79 Å². The van der Waals surface area contributed by atoms with Gasteiger partial charge in [0.1, 0.15) is 5.82 Å². The van der Waals surface area contributed by atoms with Crippen molar-refractivity contribution in [1.29, 1.82) is 0 Å². The van der Waals surface area contributed by atoms with Gasteiger partial charge in [-0.3, -0.25) is 0 Å². The van der Waals surface area contributed by atoms with E-state index in [1.165, 1.54) is 18.7 Å². The molecule has 0 spiro atoms. The molecule has 1 fully saturated rings. The van der Waals surface area contributed by atoms with Crippen molar-refractivity contribution in [3.05, 3.63) is 17.8 Å². The van der Waals surface area contributed by atoms with Gasteiger partial charge >= 0.3 is 5.97 Å². The molecule has 5 nitrogen and oxygen atoms in total. The maximum atomic E-state index is 11.0. The molecule has 1 aliphatic carbocycles. The Morgan fingerprint density at radius 2 is 2.39 bits per heavy atom. The average molecular weight is 267 g/mol. The van der Waals surface area contributed by atoms with Crippen LogP contribution in [0.3, 0.4) is 0 Å². The van der Waals surface area contributed by atoms with Crippen LogP contribution in [0.1, 0.15) is 29.6 Å². The highest BCUT2D eigenvalue weighted by atomic mass is 32.2. The van der Waals surface area contributed by atoms with Crippen molar-refractivity contribution < 1.29 is 9.90 Å². The van der Waals surface area contributed by atoms with Crippen LogP contribution in [0.25, 0.3) is 0 Å². The van der Waals surface area contributed by atoms with Crippen molar-refractivity contribution in [2.75, 3.05) is 17.3 Å². The van der Waals surface area contributed by atoms with Crippen LogP contribution >= 0.6 is 11.8 Å². The van der Waals surface area contributed by atoms with Gasteiger partial charge in [0, 0.05) is 17.5 Å². The van der Waals surface area contributed by atoms with E-state index in [-0.39, 0.29) is 11.3 Å². The number of aromatic carboxylic acids is 1. The lowest BCUT2D eigenvalue weighted by atomic mass is 10.2. The van der Waals surface area contributed by atoms with Crippen LogP contribution in [0, 0.1) is 0 Å². The number of anilines is 2. The van der Waals surface area contributed by atoms with Crippen molar-refractivity contribution in [2.24, 2.45) is 0 Å². The fourth-order valence-corrected chi connectivity index (χ4v) is 3.05. The summed E-state index contributed by atoms with van der Waals surface area (Å²) in [6.07, 6.45) is 6.91. The highest BCUT2D eigenvalue weighted by molar-refractivity contribution is 7.99. The monoisotopic (exact) mass is 267 g/mol. The Kier molecular flexibility index (Phi) is 3.96. The number of nitrogen functional groups attached to an aromatic ring is 1. The summed E-state index contributed by atoms with van der Waals surface area (Å²) in [6.45, 7) is 0. The second-order valence-corrected chi connectivity index (χ2v) is 5.58. The Balaban J connectivity index is 2.10. The first-order valence-corrected chi connectivity index (χ1v) is 7.17. The Morgan fingerprint density at radius 1 is 1.61 bits per heavy atom. The third-order valence-corrected chi connectivity index (χ3v) is 4.37. The van der Waals surface area contributed by atoms with Crippen molar-refractivity contribution >= 4 is 29.2 Å². The third-order valence-electron chi connectivity index (χ3n) is 3.28. The van der Waals surface area contributed by atoms with Gasteiger partial charge in [-0.15, -0.1) is 0 Å². The van der Waals surface area contributed by atoms with Crippen LogP contribution < -0.4 is 11.1 Å². The molecule has 6 heteroatoms. The van der Waals surface area contributed by atoms with Gasteiger partial charge in [0.05, 0.1) is 11.3 Å². The normalized spacial score (nSPS) is 22.9. The Morgan fingerprint density at radius 3 is 3.00 bits per heavy atom. The van der Waals surface area contributed by atoms with Crippen molar-refractivity contribution in [2.45, 2.75) is 30.6 Å². The molecule has 0 aliphatic heterocycles. The average Bonchev–Trinajstić information content (AvgIpc) is 2.79. The first kappa shape index (κ1) is 13.0. The van der Waals surface area contributed by atoms with Gasteiger partial charge in [-0.1, -0.05) is 0 Å². The molecule has 18 heavy (non-hydrogen) atoms. The molecule has 1 saturated carbocycles. The molecule has 0 bridgehead atoms. The number of aromatic nitrogens is 1. The molecule has 1 aromatic heterocycles. The summed E-state index contributed by atoms with van der Waals surface area (Å²) < 4.78 is 0. The number of nitrogens with one attached hydrogen (secondary N) is 1. The minimum Gasteiger partial charge on any atom is -0.478 e. The summed E-state index contributed by atoms with van der Waals surface area (Å²) in [7, 11) is 0. The van der Waals surface area contributed by atoms with Crippen molar-refractivity contribution in [3.8, 4) is 0 Å². The minimum atomic E-state index is -1.02. The molecule has 2 unspecified atom stereocenters. The molecule has 1 aliphatic rings. The third kappa shape index (κ3) is 2.69. The fraction of sp³-hybridized carbons (Fsp3) is 0.500. The van der Waals surface area contributed by atoms with E-state index in [0.717, 1.165) is 12.8 Å². The summed E-state index contributed by atoms with van der Waals surface area (Å²) >= 11 is 1.87. The number of pyridine rings is 1. The minimum absolute atomic E-state index is 0.104. The van der Waals surface area contributed by atoms with Gasteiger partial charge < -0.3 is 16.2 Å². The predicted octanol–water partition coefficient (Wildman–Crippen LogP) is 2.06. The van der Waals surface area contributed by atoms with Gasteiger partial charge in [-0.05, 0) is 31.6 Å². The number of nitrogens with zero attached hydrogens (tertiary/aromatic N) is 1. The predicted molar refractivity (Wildman–Crippen MR) is 74.2 cm³/mol. The number of rotatable bonds is 4. The molecule has 0 saturated heterocycles. The fourth-order valence-electron chi connectivity index (χ4n) is 2.25. The summed E-state index contributed by atoms with van der Waals surface area (Å²) in [4.78, 5) is 15.1. The van der Waals surface area contributed by atoms with E-state index < -0.39 is 5.97 Å². The van der Waals surface area contributed by atoms with Crippen molar-refractivity contribution in [3.63, 3.8) is 0 Å². The van der Waals surface area contributed by atoms with E-state index in [1.807, 2.05) is 11.8 Å². The second-order valence-electron chi connectivity index (χ2n) is 4.44. The molecule has 2 rings (SSSR count). The first-order valence-electron chi connectivity index (χ1n) is 5.89. The molecular weight excluding hydrogens is 250 g/mol. The summed E-state index contributed by atoms with van der Waals surface area (Å²) in [6, 6.07) is 1.75. The van der Waals surface area contributed by atoms with E-state index in [2.05, 4.69) is 16.6 Å². The zero-order valence-electron chi connectivity index (χ0n) is 10.2. The van der Waals surface area contributed by atoms with Crippen LogP contribution in [-0.4, -0.2) is 33.6 Å². The summed E-state index contributed by atoms with van der Waals surface area (Å²) in [5.74, 6) is -0.534. The quantitative estimate of drug-likeness (QED) is 0.774. The van der Waals surface area contributed by atoms with Gasteiger partial charge in [-0.2, -0.15) is 11.8 Å². The smallest absolute Gasteiger partial charge is 0.337 e. The van der Waals surface area contributed by atoms with Crippen LogP contribution in [0.2, 0.25) is 0 Å². The lowest BCUT2D eigenvalue weighted by molar-refractivity contribution is 0.0698. The highest BCUT2D eigenvalue weighted by Gasteiger charge is 2.25. The number of hydrogen-bond acceptors (Lipinski definition) is 5. The van der Waals surface area contributed by atoms with E-state index >= 15 is 0 Å². The molecule has 98 valence electrons. The van der Waals surface area contributed by atoms with Gasteiger partial charge in [0.15, 0.2) is 0 Å². The van der Waals surface area contributed by atoms with Crippen molar-refractivity contribution in [1.82, 2.24) is 4.98 Å². The molecule has 1 heterocycles. The summed E-state index contributed by atoms with van der Waals surface area (Å²) in [5.41, 5.74) is 6.14. The molecule has 2 atom stereocenters. The first-order chi connectivity index (χ1) is 8.61. The summed E-state index contributed by atoms with van der Waals surface area (Å²) in [5, 5.41) is 12.9. The molecule has 4 N–H and O–H groups in total. The van der Waals surface area contributed by atoms with Crippen LogP contribution in [-0.2, 0) is 0 Å². The Bertz CT molecular complexity index is 453. The zero-order chi connectivity index (χ0) is 13.1. The number of hydrogen-bond donors (Lipinski definition) is 3. The lowest BCUT2D eigenvalue weighted by Crippen LogP contribution is -2.19. The molecule has 0 aromatic carbocycles. The number of thioether (sulfide) groups is 1. The van der Waals surface area contributed by atoms with E-state index in [0.29, 0.717) is 17.1 Å². The molecule has 0 amide bonds. The lowest BCUT2D eigenvalue weighted by Gasteiger charge is -2.15. The van der Waals surface area contributed by atoms with Gasteiger partial charge in [0.25, 0.3) is 0 Å². The number of nitrogens with two attached hydrogens (primary N) is 1. The highest BCUT2D eigenvalue weighted by Crippen LogP contribution is 2.31. The van der Waals surface area contributed by atoms with Crippen LogP contribution in [0.15, 0.2) is 12.3 Å². The molecular formula is C12H17N3O2S. The largest absolute Gasteiger partial charge is 0.478 e. The number of carbonyl (C=O) groups is 1. The Hall–Kier alpha value is -1.43. The van der Waals surface area contributed by atoms with Crippen LogP contribution in [0.4, 0.5) is 11.5 Å². The second kappa shape index (κ2) is 5.48. The van der Waals surface area contributed by atoms with E-state index in [4.69, 9.17) is 10.8 Å². The Labute approximate surface area is 110 Å². The van der Waals surface area contributed by atoms with Crippen LogP contribution in [0.5, 0.6) is 0 Å². The number of carboxylic acids is 1. The standard InChI is InChI=1S/C12H17N3O2S/c1-18-8-3-2-7(6-8)15-11-10(13)9(12(16)17)4-5-14-11/h4-5,7-8H,2-3,6,13H2,1H3,(H,14,15)(H,16,17). The SMILES string of the molecule is CSC1CCC(Nc2nccc(C(=O)O)c2N)C1. The number of carboxylic acid groups (broad SMARTS) is 1. The topological polar surface area (TPSA) is 88.2 Å². The molecule has 0 radical (unpaired) electrons. The maximum Gasteiger partial charge on any atom is 0.337 e. The van der Waals surface area contributed by atoms with Gasteiger partial charge in [0.2, 0.25) is 0 Å². The maximum absolute atomic E-state index is 11.0. The molecule has 1 aromatic rings. The van der Waals surface area contributed by atoms with Gasteiger partial charge in [-0.25, -0.2) is 9.78 Å². The van der Waals surface area contributed by atoms with E-state index in [1.54, 1.807) is 0 Å². The zero-order valence-corrected chi connectivity index (χ0v) is 11.0.